The third-order valence-electron chi connectivity index (χ3n) is 4.31. The molecule has 5 nitrogen and oxygen atoms in total. The molecule has 1 atom stereocenters. The van der Waals surface area contributed by atoms with Crippen molar-refractivity contribution in [1.29, 1.82) is 0 Å². The molecule has 0 unspecified atom stereocenters. The standard InChI is InChI=1S/C19H20F2N2O3/c1-10-6-14(12(3)24)19-15(7-10)17(25)11(2)18(26-19)13-8-22-23(9-13)5-4-16(20)21/h6-9,12,16,24H,4-5H2,1-3H3/t12-/m1/s1. The van der Waals surface area contributed by atoms with Gasteiger partial charge in [-0.1, -0.05) is 0 Å². The molecule has 0 saturated heterocycles. The summed E-state index contributed by atoms with van der Waals surface area (Å²) >= 11 is 0. The van der Waals surface area contributed by atoms with E-state index in [4.69, 9.17) is 4.42 Å². The van der Waals surface area contributed by atoms with Gasteiger partial charge in [0.25, 0.3) is 0 Å². The molecule has 0 spiro atoms. The molecular formula is C19H20F2N2O3. The van der Waals surface area contributed by atoms with Crippen molar-refractivity contribution in [3.05, 3.63) is 51.4 Å². The Morgan fingerprint density at radius 3 is 2.69 bits per heavy atom. The van der Waals surface area contributed by atoms with Gasteiger partial charge in [0, 0.05) is 30.3 Å². The number of hydrogen-bond acceptors (Lipinski definition) is 4. The van der Waals surface area contributed by atoms with Crippen LogP contribution < -0.4 is 5.43 Å². The van der Waals surface area contributed by atoms with E-state index in [2.05, 4.69) is 5.10 Å². The van der Waals surface area contributed by atoms with E-state index in [0.717, 1.165) is 5.56 Å². The van der Waals surface area contributed by atoms with Crippen LogP contribution in [0.3, 0.4) is 0 Å². The van der Waals surface area contributed by atoms with Crippen molar-refractivity contribution in [2.24, 2.45) is 0 Å². The van der Waals surface area contributed by atoms with Gasteiger partial charge in [0.1, 0.15) is 11.3 Å². The SMILES string of the molecule is Cc1cc([C@@H](C)O)c2oc(-c3cnn(CCC(F)F)c3)c(C)c(=O)c2c1. The first-order valence-corrected chi connectivity index (χ1v) is 8.35. The molecule has 0 saturated carbocycles. The molecule has 3 aromatic rings. The van der Waals surface area contributed by atoms with Gasteiger partial charge in [0.2, 0.25) is 6.43 Å². The summed E-state index contributed by atoms with van der Waals surface area (Å²) in [6.45, 7) is 5.19. The zero-order valence-corrected chi connectivity index (χ0v) is 14.8. The number of aromatic nitrogens is 2. The number of aliphatic hydroxyl groups excluding tert-OH is 1. The number of fused-ring (bicyclic) bond motifs is 1. The maximum absolute atomic E-state index is 12.8. The molecular weight excluding hydrogens is 342 g/mol. The van der Waals surface area contributed by atoms with Crippen LogP contribution in [0.2, 0.25) is 0 Å². The zero-order valence-electron chi connectivity index (χ0n) is 14.8. The minimum atomic E-state index is -2.40. The molecule has 2 aromatic heterocycles. The van der Waals surface area contributed by atoms with Gasteiger partial charge in [-0.25, -0.2) is 8.78 Å². The van der Waals surface area contributed by atoms with E-state index >= 15 is 0 Å². The molecule has 0 radical (unpaired) electrons. The Morgan fingerprint density at radius 1 is 1.31 bits per heavy atom. The van der Waals surface area contributed by atoms with Crippen LogP contribution in [0.5, 0.6) is 0 Å². The third-order valence-corrected chi connectivity index (χ3v) is 4.31. The van der Waals surface area contributed by atoms with Crippen molar-refractivity contribution >= 4 is 11.0 Å². The van der Waals surface area contributed by atoms with E-state index in [0.29, 0.717) is 33.4 Å². The van der Waals surface area contributed by atoms with E-state index in [1.807, 2.05) is 6.92 Å². The summed E-state index contributed by atoms with van der Waals surface area (Å²) in [5.41, 5.74) is 2.47. The van der Waals surface area contributed by atoms with Crippen molar-refractivity contribution in [1.82, 2.24) is 9.78 Å². The largest absolute Gasteiger partial charge is 0.455 e. The number of aryl methyl sites for hydroxylation is 2. The number of alkyl halides is 2. The smallest absolute Gasteiger partial charge is 0.240 e. The molecule has 7 heteroatoms. The van der Waals surface area contributed by atoms with E-state index in [1.165, 1.54) is 10.9 Å². The molecule has 26 heavy (non-hydrogen) atoms. The predicted octanol–water partition coefficient (Wildman–Crippen LogP) is 3.98. The van der Waals surface area contributed by atoms with Crippen LogP contribution in [0.4, 0.5) is 8.78 Å². The molecule has 138 valence electrons. The van der Waals surface area contributed by atoms with Crippen molar-refractivity contribution in [3.63, 3.8) is 0 Å². The highest BCUT2D eigenvalue weighted by Gasteiger charge is 2.18. The monoisotopic (exact) mass is 362 g/mol. The van der Waals surface area contributed by atoms with Gasteiger partial charge in [-0.2, -0.15) is 5.10 Å². The molecule has 1 aromatic carbocycles. The van der Waals surface area contributed by atoms with Gasteiger partial charge < -0.3 is 9.52 Å². The fourth-order valence-electron chi connectivity index (χ4n) is 2.99. The summed E-state index contributed by atoms with van der Waals surface area (Å²) in [4.78, 5) is 12.8. The van der Waals surface area contributed by atoms with Gasteiger partial charge in [0.05, 0.1) is 23.3 Å². The second-order valence-corrected chi connectivity index (χ2v) is 6.46. The average Bonchev–Trinajstić information content (AvgIpc) is 3.04. The van der Waals surface area contributed by atoms with E-state index in [1.54, 1.807) is 32.2 Å². The minimum absolute atomic E-state index is 0.0760. The Hall–Kier alpha value is -2.54. The first kappa shape index (κ1) is 18.3. The lowest BCUT2D eigenvalue weighted by Gasteiger charge is -2.12. The maximum atomic E-state index is 12.8. The highest BCUT2D eigenvalue weighted by Crippen LogP contribution is 2.30. The fraction of sp³-hybridized carbons (Fsp3) is 0.368. The molecule has 1 N–H and O–H groups in total. The lowest BCUT2D eigenvalue weighted by Crippen LogP contribution is -2.09. The molecule has 3 rings (SSSR count). The molecule has 0 aliphatic carbocycles. The van der Waals surface area contributed by atoms with Crippen LogP contribution in [0.25, 0.3) is 22.3 Å². The summed E-state index contributed by atoms with van der Waals surface area (Å²) in [6, 6.07) is 3.51. The summed E-state index contributed by atoms with van der Waals surface area (Å²) < 4.78 is 32.1. The molecule has 2 heterocycles. The van der Waals surface area contributed by atoms with Gasteiger partial charge >= 0.3 is 0 Å². The van der Waals surface area contributed by atoms with Crippen LogP contribution in [-0.4, -0.2) is 21.3 Å². The van der Waals surface area contributed by atoms with Crippen molar-refractivity contribution in [2.45, 2.75) is 46.3 Å². The van der Waals surface area contributed by atoms with Crippen molar-refractivity contribution < 1.29 is 18.3 Å². The summed E-state index contributed by atoms with van der Waals surface area (Å²) in [6.07, 6.45) is -0.438. The Bertz CT molecular complexity index is 1010. The van der Waals surface area contributed by atoms with E-state index in [9.17, 15) is 18.7 Å². The topological polar surface area (TPSA) is 68.3 Å². The number of nitrogens with zero attached hydrogens (tertiary/aromatic N) is 2. The Kier molecular flexibility index (Phi) is 4.91. The normalized spacial score (nSPS) is 12.9. The highest BCUT2D eigenvalue weighted by atomic mass is 19.3. The number of halogens is 2. The Labute approximate surface area is 148 Å². The quantitative estimate of drug-likeness (QED) is 0.745. The van der Waals surface area contributed by atoms with E-state index in [-0.39, 0.29) is 18.4 Å². The zero-order chi connectivity index (χ0) is 19.0. The summed E-state index contributed by atoms with van der Waals surface area (Å²) in [5.74, 6) is 0.330. The van der Waals surface area contributed by atoms with Gasteiger partial charge in [-0.15, -0.1) is 0 Å². The summed E-state index contributed by atoms with van der Waals surface area (Å²) in [5, 5.41) is 14.5. The maximum Gasteiger partial charge on any atom is 0.240 e. The Balaban J connectivity index is 2.15. The predicted molar refractivity (Wildman–Crippen MR) is 94.4 cm³/mol. The second-order valence-electron chi connectivity index (χ2n) is 6.46. The minimum Gasteiger partial charge on any atom is -0.455 e. The Morgan fingerprint density at radius 2 is 2.04 bits per heavy atom. The number of rotatable bonds is 5. The average molecular weight is 362 g/mol. The highest BCUT2D eigenvalue weighted by molar-refractivity contribution is 5.84. The summed E-state index contributed by atoms with van der Waals surface area (Å²) in [7, 11) is 0. The fourth-order valence-corrected chi connectivity index (χ4v) is 2.99. The second kappa shape index (κ2) is 6.99. The van der Waals surface area contributed by atoms with Crippen molar-refractivity contribution in [3.8, 4) is 11.3 Å². The van der Waals surface area contributed by atoms with Crippen LogP contribution in [0, 0.1) is 13.8 Å². The van der Waals surface area contributed by atoms with Gasteiger partial charge in [-0.3, -0.25) is 9.48 Å². The molecule has 0 fully saturated rings. The molecule has 0 bridgehead atoms. The van der Waals surface area contributed by atoms with Crippen LogP contribution in [0.15, 0.2) is 33.7 Å². The third kappa shape index (κ3) is 3.39. The van der Waals surface area contributed by atoms with Crippen LogP contribution in [0.1, 0.15) is 36.1 Å². The van der Waals surface area contributed by atoms with Crippen molar-refractivity contribution in [2.75, 3.05) is 0 Å². The van der Waals surface area contributed by atoms with E-state index < -0.39 is 12.5 Å². The van der Waals surface area contributed by atoms with Gasteiger partial charge in [-0.05, 0) is 38.5 Å². The number of benzene rings is 1. The molecule has 0 amide bonds. The van der Waals surface area contributed by atoms with Crippen LogP contribution in [-0.2, 0) is 6.54 Å². The molecule has 0 aliphatic rings. The van der Waals surface area contributed by atoms with Gasteiger partial charge in [0.15, 0.2) is 5.43 Å². The number of aliphatic hydroxyl groups is 1. The van der Waals surface area contributed by atoms with Crippen LogP contribution >= 0.6 is 0 Å². The lowest BCUT2D eigenvalue weighted by atomic mass is 10.0. The lowest BCUT2D eigenvalue weighted by molar-refractivity contribution is 0.130. The molecule has 0 aliphatic heterocycles. The first-order chi connectivity index (χ1) is 12.3. The first-order valence-electron chi connectivity index (χ1n) is 8.35. The number of hydrogen-bond donors (Lipinski definition) is 1.